The summed E-state index contributed by atoms with van der Waals surface area (Å²) in [5.74, 6) is -0.505. The first kappa shape index (κ1) is 26.9. The molecule has 0 atom stereocenters. The molecule has 0 aromatic heterocycles. The van der Waals surface area contributed by atoms with Gasteiger partial charge in [0.2, 0.25) is 5.91 Å². The van der Waals surface area contributed by atoms with Gasteiger partial charge in [0.15, 0.2) is 11.5 Å². The van der Waals surface area contributed by atoms with E-state index < -0.39 is 23.6 Å². The number of thioether (sulfide) groups is 1. The number of hydrogen-bond donors (Lipinski definition) is 1. The molecule has 0 saturated carbocycles. The maximum atomic E-state index is 12.9. The van der Waals surface area contributed by atoms with E-state index in [1.54, 1.807) is 42.5 Å². The van der Waals surface area contributed by atoms with Crippen LogP contribution in [0.1, 0.15) is 11.1 Å². The third kappa shape index (κ3) is 6.40. The number of amides is 3. The lowest BCUT2D eigenvalue weighted by atomic mass is 10.1. The molecule has 1 aliphatic rings. The summed E-state index contributed by atoms with van der Waals surface area (Å²) in [6, 6.07) is 17.1. The predicted molar refractivity (Wildman–Crippen MR) is 147 cm³/mol. The number of hydrogen-bond acceptors (Lipinski definition) is 6. The number of carbonyl (C=O) groups is 3. The number of anilines is 1. The summed E-state index contributed by atoms with van der Waals surface area (Å²) >= 11 is 19.4. The summed E-state index contributed by atoms with van der Waals surface area (Å²) in [5, 5.41) is 3.18. The highest BCUT2D eigenvalue weighted by Gasteiger charge is 2.36. The number of nitrogens with zero attached hydrogens (tertiary/aromatic N) is 1. The second kappa shape index (κ2) is 11.9. The van der Waals surface area contributed by atoms with Crippen LogP contribution in [0.25, 0.3) is 6.08 Å². The highest BCUT2D eigenvalue weighted by Crippen LogP contribution is 2.39. The molecule has 7 nitrogen and oxygen atoms in total. The van der Waals surface area contributed by atoms with E-state index in [9.17, 15) is 14.4 Å². The van der Waals surface area contributed by atoms with E-state index in [4.69, 9.17) is 44.3 Å². The predicted octanol–water partition coefficient (Wildman–Crippen LogP) is 6.91. The average Bonchev–Trinajstić information content (AvgIpc) is 3.12. The molecule has 0 spiro atoms. The number of ether oxygens (including phenoxy) is 2. The van der Waals surface area contributed by atoms with Crippen LogP contribution >= 0.6 is 46.6 Å². The molecule has 3 aromatic carbocycles. The van der Waals surface area contributed by atoms with Crippen LogP contribution in [-0.4, -0.2) is 35.6 Å². The Morgan fingerprint density at radius 1 is 1.00 bits per heavy atom. The lowest BCUT2D eigenvalue weighted by molar-refractivity contribution is -0.127. The Kier molecular flexibility index (Phi) is 8.66. The fourth-order valence-electron chi connectivity index (χ4n) is 3.41. The molecular weight excluding hydrogens is 559 g/mol. The Bertz CT molecular complexity index is 1410. The molecule has 0 radical (unpaired) electrons. The van der Waals surface area contributed by atoms with Gasteiger partial charge in [0, 0.05) is 10.6 Å². The van der Waals surface area contributed by atoms with Crippen LogP contribution < -0.4 is 14.8 Å². The molecule has 3 aromatic rings. The maximum Gasteiger partial charge on any atom is 0.294 e. The summed E-state index contributed by atoms with van der Waals surface area (Å²) in [5.41, 5.74) is 1.67. The zero-order chi connectivity index (χ0) is 26.5. The minimum absolute atomic E-state index is 0.137. The zero-order valence-corrected chi connectivity index (χ0v) is 22.4. The Balaban J connectivity index is 1.48. The van der Waals surface area contributed by atoms with Crippen molar-refractivity contribution in [2.75, 3.05) is 19.0 Å². The van der Waals surface area contributed by atoms with Gasteiger partial charge in [-0.2, -0.15) is 0 Å². The largest absolute Gasteiger partial charge is 0.493 e. The van der Waals surface area contributed by atoms with Crippen molar-refractivity contribution in [3.8, 4) is 11.5 Å². The van der Waals surface area contributed by atoms with E-state index in [1.165, 1.54) is 13.2 Å². The maximum absolute atomic E-state index is 12.9. The topological polar surface area (TPSA) is 84.9 Å². The number of rotatable bonds is 8. The number of para-hydroxylation sites is 1. The summed E-state index contributed by atoms with van der Waals surface area (Å²) < 4.78 is 11.3. The molecule has 37 heavy (non-hydrogen) atoms. The van der Waals surface area contributed by atoms with Gasteiger partial charge in [0.05, 0.1) is 27.7 Å². The van der Waals surface area contributed by atoms with Gasteiger partial charge in [-0.1, -0.05) is 65.1 Å². The zero-order valence-electron chi connectivity index (χ0n) is 19.3. The van der Waals surface area contributed by atoms with E-state index in [0.29, 0.717) is 32.8 Å². The van der Waals surface area contributed by atoms with Crippen molar-refractivity contribution in [1.82, 2.24) is 4.90 Å². The first-order chi connectivity index (χ1) is 17.8. The Hall–Kier alpha value is -3.17. The van der Waals surface area contributed by atoms with Crippen molar-refractivity contribution in [2.45, 2.75) is 6.61 Å². The molecule has 1 N–H and O–H groups in total. The molecule has 190 valence electrons. The van der Waals surface area contributed by atoms with E-state index in [1.807, 2.05) is 18.2 Å². The van der Waals surface area contributed by atoms with Crippen LogP contribution in [-0.2, 0) is 16.2 Å². The first-order valence-electron chi connectivity index (χ1n) is 10.8. The van der Waals surface area contributed by atoms with Crippen molar-refractivity contribution in [1.29, 1.82) is 0 Å². The number of methoxy groups -OCH3 is 1. The van der Waals surface area contributed by atoms with Gasteiger partial charge in [-0.25, -0.2) is 0 Å². The lowest BCUT2D eigenvalue weighted by Gasteiger charge is -2.14. The number of nitrogens with one attached hydrogen (secondary N) is 1. The SMILES string of the molecule is COc1cc(/C=C2/SC(=O)N(CC(=O)Nc3ccccc3Cl)C2=O)cc(Cl)c1OCc1ccccc1Cl. The Morgan fingerprint density at radius 3 is 2.41 bits per heavy atom. The van der Waals surface area contributed by atoms with Gasteiger partial charge in [0.25, 0.3) is 11.1 Å². The van der Waals surface area contributed by atoms with Crippen molar-refractivity contribution >= 4 is 75.4 Å². The second-order valence-electron chi connectivity index (χ2n) is 7.71. The lowest BCUT2D eigenvalue weighted by Crippen LogP contribution is -2.36. The van der Waals surface area contributed by atoms with E-state index in [0.717, 1.165) is 22.2 Å². The van der Waals surface area contributed by atoms with Crippen molar-refractivity contribution in [3.63, 3.8) is 0 Å². The summed E-state index contributed by atoms with van der Waals surface area (Å²) in [4.78, 5) is 38.8. The monoisotopic (exact) mass is 576 g/mol. The van der Waals surface area contributed by atoms with Crippen molar-refractivity contribution < 1.29 is 23.9 Å². The molecule has 0 bridgehead atoms. The van der Waals surface area contributed by atoms with Gasteiger partial charge in [-0.3, -0.25) is 19.3 Å². The summed E-state index contributed by atoms with van der Waals surface area (Å²) in [6.07, 6.45) is 1.50. The number of imide groups is 1. The first-order valence-corrected chi connectivity index (χ1v) is 12.8. The van der Waals surface area contributed by atoms with Crippen LogP contribution in [0, 0.1) is 0 Å². The highest BCUT2D eigenvalue weighted by molar-refractivity contribution is 8.18. The standard InChI is InChI=1S/C26H19Cl3N2O5S/c1-35-21-11-15(10-19(29)24(21)36-14-16-6-2-3-7-17(16)27)12-22-25(33)31(26(34)37-22)13-23(32)30-20-9-5-4-8-18(20)28/h2-12H,13-14H2,1H3,(H,30,32)/b22-12+. The van der Waals surface area contributed by atoms with Crippen LogP contribution in [0.15, 0.2) is 65.6 Å². The highest BCUT2D eigenvalue weighted by atomic mass is 35.5. The number of halogens is 3. The second-order valence-corrected chi connectivity index (χ2v) is 9.92. The van der Waals surface area contributed by atoms with Crippen molar-refractivity contribution in [2.24, 2.45) is 0 Å². The van der Waals surface area contributed by atoms with Crippen LogP contribution in [0.5, 0.6) is 11.5 Å². The summed E-state index contributed by atoms with van der Waals surface area (Å²) in [6.45, 7) is -0.281. The molecule has 1 heterocycles. The fourth-order valence-corrected chi connectivity index (χ4v) is 4.90. The van der Waals surface area contributed by atoms with Gasteiger partial charge >= 0.3 is 0 Å². The summed E-state index contributed by atoms with van der Waals surface area (Å²) in [7, 11) is 1.46. The Morgan fingerprint density at radius 2 is 1.70 bits per heavy atom. The molecule has 0 unspecified atom stereocenters. The third-order valence-electron chi connectivity index (χ3n) is 5.20. The van der Waals surface area contributed by atoms with E-state index >= 15 is 0 Å². The quantitative estimate of drug-likeness (QED) is 0.293. The van der Waals surface area contributed by atoms with Crippen LogP contribution in [0.2, 0.25) is 15.1 Å². The Labute approximate surface area is 232 Å². The van der Waals surface area contributed by atoms with E-state index in [2.05, 4.69) is 5.32 Å². The van der Waals surface area contributed by atoms with Crippen molar-refractivity contribution in [3.05, 3.63) is 91.8 Å². The van der Waals surface area contributed by atoms with Gasteiger partial charge in [-0.05, 0) is 53.7 Å². The van der Waals surface area contributed by atoms with Crippen LogP contribution in [0.3, 0.4) is 0 Å². The average molecular weight is 578 g/mol. The number of benzene rings is 3. The normalized spacial score (nSPS) is 14.3. The molecule has 4 rings (SSSR count). The number of carbonyl (C=O) groups excluding carboxylic acids is 3. The smallest absolute Gasteiger partial charge is 0.294 e. The van der Waals surface area contributed by atoms with Gasteiger partial charge in [0.1, 0.15) is 13.2 Å². The molecule has 1 aliphatic heterocycles. The molecule has 3 amide bonds. The minimum Gasteiger partial charge on any atom is -0.493 e. The van der Waals surface area contributed by atoms with Crippen LogP contribution in [0.4, 0.5) is 10.5 Å². The molecule has 0 aliphatic carbocycles. The fraction of sp³-hybridized carbons (Fsp3) is 0.115. The van der Waals surface area contributed by atoms with E-state index in [-0.39, 0.29) is 16.5 Å². The van der Waals surface area contributed by atoms with Gasteiger partial charge in [-0.15, -0.1) is 0 Å². The third-order valence-corrected chi connectivity index (χ3v) is 7.09. The molecule has 1 fully saturated rings. The molecular formula is C26H19Cl3N2O5S. The minimum atomic E-state index is -0.599. The molecule has 1 saturated heterocycles. The van der Waals surface area contributed by atoms with Gasteiger partial charge < -0.3 is 14.8 Å². The molecule has 11 heteroatoms.